The molecule has 0 N–H and O–H groups in total. The fourth-order valence-corrected chi connectivity index (χ4v) is 2.53. The van der Waals surface area contributed by atoms with Crippen molar-refractivity contribution in [1.82, 2.24) is 0 Å². The average Bonchev–Trinajstić information content (AvgIpc) is 2.30. The van der Waals surface area contributed by atoms with E-state index in [0.29, 0.717) is 5.92 Å². The van der Waals surface area contributed by atoms with E-state index in [1.54, 1.807) is 0 Å². The van der Waals surface area contributed by atoms with Crippen LogP contribution in [0.3, 0.4) is 0 Å². The second kappa shape index (κ2) is 5.15. The van der Waals surface area contributed by atoms with Crippen molar-refractivity contribution >= 4 is 5.97 Å². The zero-order chi connectivity index (χ0) is 11.4. The van der Waals surface area contributed by atoms with E-state index in [4.69, 9.17) is 4.74 Å². The summed E-state index contributed by atoms with van der Waals surface area (Å²) in [6.45, 7) is 1.50. The summed E-state index contributed by atoms with van der Waals surface area (Å²) in [5, 5.41) is 0. The van der Waals surface area contributed by atoms with Crippen molar-refractivity contribution in [2.75, 3.05) is 0 Å². The van der Waals surface area contributed by atoms with Gasteiger partial charge < -0.3 is 4.74 Å². The molecule has 0 aromatic heterocycles. The van der Waals surface area contributed by atoms with E-state index < -0.39 is 0 Å². The lowest BCUT2D eigenvalue weighted by molar-refractivity contribution is -0.148. The third-order valence-corrected chi connectivity index (χ3v) is 3.25. The van der Waals surface area contributed by atoms with Crippen LogP contribution in [-0.2, 0) is 9.53 Å². The van der Waals surface area contributed by atoms with Crippen LogP contribution in [0.1, 0.15) is 44.1 Å². The minimum Gasteiger partial charge on any atom is -0.462 e. The number of benzene rings is 1. The van der Waals surface area contributed by atoms with Crippen molar-refractivity contribution in [3.8, 4) is 0 Å². The second-order valence-electron chi connectivity index (χ2n) is 4.45. The maximum Gasteiger partial charge on any atom is 0.302 e. The van der Waals surface area contributed by atoms with Gasteiger partial charge in [0.05, 0.1) is 0 Å². The molecule has 0 bridgehead atoms. The Bertz CT molecular complexity index is 345. The minimum atomic E-state index is -0.159. The second-order valence-corrected chi connectivity index (χ2v) is 4.45. The summed E-state index contributed by atoms with van der Waals surface area (Å²) in [7, 11) is 0. The number of esters is 1. The molecule has 2 heteroatoms. The van der Waals surface area contributed by atoms with Gasteiger partial charge in [-0.15, -0.1) is 0 Å². The maximum atomic E-state index is 11.1. The van der Waals surface area contributed by atoms with Gasteiger partial charge in [0.1, 0.15) is 6.10 Å². The Morgan fingerprint density at radius 2 is 1.88 bits per heavy atom. The van der Waals surface area contributed by atoms with E-state index in [2.05, 4.69) is 24.3 Å². The molecule has 0 heterocycles. The third kappa shape index (κ3) is 2.63. The molecule has 0 unspecified atom stereocenters. The van der Waals surface area contributed by atoms with Gasteiger partial charge in [-0.2, -0.15) is 0 Å². The summed E-state index contributed by atoms with van der Waals surface area (Å²) < 4.78 is 5.42. The SMILES string of the molecule is CC(=O)O[C@H]1CCCC[C@H]1c1ccccc1. The molecule has 0 aliphatic heterocycles. The molecule has 0 radical (unpaired) electrons. The number of carbonyl (C=O) groups excluding carboxylic acids is 1. The molecule has 1 aliphatic rings. The first-order valence-electron chi connectivity index (χ1n) is 5.99. The van der Waals surface area contributed by atoms with Crippen LogP contribution in [0, 0.1) is 0 Å². The minimum absolute atomic E-state index is 0.0775. The van der Waals surface area contributed by atoms with Crippen LogP contribution < -0.4 is 0 Å². The molecular weight excluding hydrogens is 200 g/mol. The summed E-state index contributed by atoms with van der Waals surface area (Å²) in [4.78, 5) is 11.1. The fraction of sp³-hybridized carbons (Fsp3) is 0.500. The van der Waals surface area contributed by atoms with Crippen LogP contribution in [0.15, 0.2) is 30.3 Å². The van der Waals surface area contributed by atoms with Crippen LogP contribution in [0.4, 0.5) is 0 Å². The van der Waals surface area contributed by atoms with Crippen molar-refractivity contribution in [2.24, 2.45) is 0 Å². The normalized spacial score (nSPS) is 25.1. The Hall–Kier alpha value is -1.31. The number of carbonyl (C=O) groups is 1. The van der Waals surface area contributed by atoms with Crippen LogP contribution in [0.2, 0.25) is 0 Å². The van der Waals surface area contributed by atoms with Crippen molar-refractivity contribution in [3.63, 3.8) is 0 Å². The van der Waals surface area contributed by atoms with Gasteiger partial charge in [-0.05, 0) is 24.8 Å². The number of hydrogen-bond donors (Lipinski definition) is 0. The van der Waals surface area contributed by atoms with Gasteiger partial charge >= 0.3 is 5.97 Å². The number of rotatable bonds is 2. The highest BCUT2D eigenvalue weighted by Crippen LogP contribution is 2.34. The van der Waals surface area contributed by atoms with E-state index in [1.807, 2.05) is 6.07 Å². The lowest BCUT2D eigenvalue weighted by Gasteiger charge is -2.31. The predicted molar refractivity (Wildman–Crippen MR) is 63.2 cm³/mol. The van der Waals surface area contributed by atoms with Crippen LogP contribution in [-0.4, -0.2) is 12.1 Å². The molecule has 2 nitrogen and oxygen atoms in total. The molecule has 1 aliphatic carbocycles. The Morgan fingerprint density at radius 3 is 2.56 bits per heavy atom. The monoisotopic (exact) mass is 218 g/mol. The average molecular weight is 218 g/mol. The van der Waals surface area contributed by atoms with Crippen LogP contribution >= 0.6 is 0 Å². The highest BCUT2D eigenvalue weighted by Gasteiger charge is 2.28. The molecular formula is C14H18O2. The van der Waals surface area contributed by atoms with E-state index in [9.17, 15) is 4.79 Å². The van der Waals surface area contributed by atoms with E-state index in [-0.39, 0.29) is 12.1 Å². The topological polar surface area (TPSA) is 26.3 Å². The molecule has 0 saturated heterocycles. The molecule has 0 amide bonds. The van der Waals surface area contributed by atoms with E-state index in [1.165, 1.54) is 25.3 Å². The zero-order valence-electron chi connectivity index (χ0n) is 9.69. The summed E-state index contributed by atoms with van der Waals surface area (Å²) >= 11 is 0. The highest BCUT2D eigenvalue weighted by molar-refractivity contribution is 5.66. The standard InChI is InChI=1S/C14H18O2/c1-11(15)16-14-10-6-5-9-13(14)12-7-3-2-4-8-12/h2-4,7-8,13-14H,5-6,9-10H2,1H3/t13-,14-/m0/s1. The number of hydrogen-bond acceptors (Lipinski definition) is 2. The van der Waals surface area contributed by atoms with Gasteiger partial charge in [0, 0.05) is 12.8 Å². The van der Waals surface area contributed by atoms with Gasteiger partial charge in [-0.3, -0.25) is 4.79 Å². The Kier molecular flexibility index (Phi) is 3.60. The van der Waals surface area contributed by atoms with Crippen molar-refractivity contribution in [3.05, 3.63) is 35.9 Å². The molecule has 2 rings (SSSR count). The fourth-order valence-electron chi connectivity index (χ4n) is 2.53. The van der Waals surface area contributed by atoms with E-state index in [0.717, 1.165) is 12.8 Å². The largest absolute Gasteiger partial charge is 0.462 e. The first-order chi connectivity index (χ1) is 7.77. The first-order valence-corrected chi connectivity index (χ1v) is 5.99. The first kappa shape index (κ1) is 11.2. The van der Waals surface area contributed by atoms with Gasteiger partial charge in [0.25, 0.3) is 0 Å². The summed E-state index contributed by atoms with van der Waals surface area (Å²) in [5.74, 6) is 0.228. The number of ether oxygens (including phenoxy) is 1. The molecule has 2 atom stereocenters. The lowest BCUT2D eigenvalue weighted by Crippen LogP contribution is -2.27. The van der Waals surface area contributed by atoms with Crippen LogP contribution in [0.5, 0.6) is 0 Å². The maximum absolute atomic E-state index is 11.1. The lowest BCUT2D eigenvalue weighted by atomic mass is 9.81. The predicted octanol–water partition coefficient (Wildman–Crippen LogP) is 3.28. The molecule has 1 fully saturated rings. The van der Waals surface area contributed by atoms with Gasteiger partial charge in [-0.25, -0.2) is 0 Å². The molecule has 16 heavy (non-hydrogen) atoms. The smallest absolute Gasteiger partial charge is 0.302 e. The quantitative estimate of drug-likeness (QED) is 0.712. The Balaban J connectivity index is 2.13. The zero-order valence-corrected chi connectivity index (χ0v) is 9.69. The van der Waals surface area contributed by atoms with Gasteiger partial charge in [-0.1, -0.05) is 36.8 Å². The summed E-state index contributed by atoms with van der Waals surface area (Å²) in [6, 6.07) is 10.4. The van der Waals surface area contributed by atoms with Gasteiger partial charge in [0.2, 0.25) is 0 Å². The summed E-state index contributed by atoms with van der Waals surface area (Å²) in [5.41, 5.74) is 1.30. The molecule has 86 valence electrons. The molecule has 1 aromatic rings. The molecule has 1 saturated carbocycles. The molecule has 0 spiro atoms. The van der Waals surface area contributed by atoms with Crippen molar-refractivity contribution in [2.45, 2.75) is 44.6 Å². The van der Waals surface area contributed by atoms with Crippen molar-refractivity contribution < 1.29 is 9.53 Å². The van der Waals surface area contributed by atoms with E-state index >= 15 is 0 Å². The third-order valence-electron chi connectivity index (χ3n) is 3.25. The summed E-state index contributed by atoms with van der Waals surface area (Å²) in [6.07, 6.45) is 4.60. The van der Waals surface area contributed by atoms with Crippen LogP contribution in [0.25, 0.3) is 0 Å². The Morgan fingerprint density at radius 1 is 1.19 bits per heavy atom. The van der Waals surface area contributed by atoms with Crippen molar-refractivity contribution in [1.29, 1.82) is 0 Å². The molecule has 1 aromatic carbocycles. The highest BCUT2D eigenvalue weighted by atomic mass is 16.5. The Labute approximate surface area is 96.6 Å². The van der Waals surface area contributed by atoms with Gasteiger partial charge in [0.15, 0.2) is 0 Å².